The number of nitrogens with one attached hydrogen (secondary N) is 1. The van der Waals surface area contributed by atoms with Gasteiger partial charge in [-0.1, -0.05) is 12.8 Å². The Morgan fingerprint density at radius 3 is 2.72 bits per heavy atom. The van der Waals surface area contributed by atoms with Gasteiger partial charge >= 0.3 is 6.03 Å². The van der Waals surface area contributed by atoms with E-state index in [0.717, 1.165) is 32.0 Å². The SMILES string of the molecule is O=C(NC[C@H]1CCN(C2CC2)C1)N1CCCCC[C@@H]1c1ccncc1. The van der Waals surface area contributed by atoms with E-state index in [-0.39, 0.29) is 12.1 Å². The largest absolute Gasteiger partial charge is 0.338 e. The van der Waals surface area contributed by atoms with Crippen LogP contribution >= 0.6 is 0 Å². The number of carbonyl (C=O) groups is 1. The lowest BCUT2D eigenvalue weighted by Crippen LogP contribution is -2.44. The molecular formula is C20H30N4O. The first kappa shape index (κ1) is 16.8. The average Bonchev–Trinajstić information content (AvgIpc) is 3.43. The van der Waals surface area contributed by atoms with Gasteiger partial charge in [-0.25, -0.2) is 4.79 Å². The first-order chi connectivity index (χ1) is 12.3. The van der Waals surface area contributed by atoms with Gasteiger partial charge in [0.15, 0.2) is 0 Å². The van der Waals surface area contributed by atoms with E-state index in [2.05, 4.69) is 32.2 Å². The molecule has 1 aromatic rings. The molecule has 5 heteroatoms. The third-order valence-electron chi connectivity index (χ3n) is 6.03. The van der Waals surface area contributed by atoms with E-state index in [1.165, 1.54) is 50.8 Å². The van der Waals surface area contributed by atoms with E-state index in [1.807, 2.05) is 12.4 Å². The molecule has 1 aliphatic carbocycles. The van der Waals surface area contributed by atoms with Gasteiger partial charge in [0.1, 0.15) is 0 Å². The highest BCUT2D eigenvalue weighted by Gasteiger charge is 2.34. The number of rotatable bonds is 4. The third kappa shape index (κ3) is 4.14. The Kier molecular flexibility index (Phi) is 5.20. The van der Waals surface area contributed by atoms with Crippen LogP contribution in [0.3, 0.4) is 0 Å². The van der Waals surface area contributed by atoms with Crippen LogP contribution in [0.15, 0.2) is 24.5 Å². The summed E-state index contributed by atoms with van der Waals surface area (Å²) in [4.78, 5) is 21.7. The highest BCUT2D eigenvalue weighted by atomic mass is 16.2. The number of hydrogen-bond donors (Lipinski definition) is 1. The van der Waals surface area contributed by atoms with Gasteiger partial charge in [-0.2, -0.15) is 0 Å². The van der Waals surface area contributed by atoms with Gasteiger partial charge in [0.25, 0.3) is 0 Å². The van der Waals surface area contributed by atoms with Gasteiger partial charge < -0.3 is 15.1 Å². The van der Waals surface area contributed by atoms with Crippen molar-refractivity contribution in [1.29, 1.82) is 0 Å². The van der Waals surface area contributed by atoms with E-state index < -0.39 is 0 Å². The minimum atomic E-state index is 0.119. The van der Waals surface area contributed by atoms with Crippen molar-refractivity contribution in [3.05, 3.63) is 30.1 Å². The zero-order chi connectivity index (χ0) is 17.1. The smallest absolute Gasteiger partial charge is 0.317 e. The van der Waals surface area contributed by atoms with Crippen molar-refractivity contribution >= 4 is 6.03 Å². The summed E-state index contributed by atoms with van der Waals surface area (Å²) in [5.74, 6) is 0.621. The lowest BCUT2D eigenvalue weighted by molar-refractivity contribution is 0.174. The van der Waals surface area contributed by atoms with Crippen LogP contribution < -0.4 is 5.32 Å². The Labute approximate surface area is 150 Å². The second kappa shape index (κ2) is 7.73. The van der Waals surface area contributed by atoms with E-state index in [9.17, 15) is 4.79 Å². The molecule has 0 spiro atoms. The molecule has 3 fully saturated rings. The molecule has 2 aliphatic heterocycles. The number of pyridine rings is 1. The Bertz CT molecular complexity index is 574. The van der Waals surface area contributed by atoms with E-state index in [0.29, 0.717) is 5.92 Å². The number of hydrogen-bond acceptors (Lipinski definition) is 3. The molecule has 3 heterocycles. The van der Waals surface area contributed by atoms with E-state index in [4.69, 9.17) is 0 Å². The van der Waals surface area contributed by atoms with Crippen molar-refractivity contribution < 1.29 is 4.79 Å². The summed E-state index contributed by atoms with van der Waals surface area (Å²) in [7, 11) is 0. The molecule has 1 aromatic heterocycles. The van der Waals surface area contributed by atoms with Gasteiger partial charge in [-0.05, 0) is 62.3 Å². The van der Waals surface area contributed by atoms with E-state index in [1.54, 1.807) is 0 Å². The maximum Gasteiger partial charge on any atom is 0.317 e. The van der Waals surface area contributed by atoms with Gasteiger partial charge in [-0.15, -0.1) is 0 Å². The van der Waals surface area contributed by atoms with Gasteiger partial charge in [0.2, 0.25) is 0 Å². The predicted molar refractivity (Wildman–Crippen MR) is 98.3 cm³/mol. The normalized spacial score (nSPS) is 27.9. The maximum absolute atomic E-state index is 12.9. The standard InChI is InChI=1S/C20H30N4O/c25-20(22-14-16-9-13-23(15-16)18-5-6-18)24-12-3-1-2-4-19(24)17-7-10-21-11-8-17/h7-8,10-11,16,18-19H,1-6,9,12-15H2,(H,22,25)/t16-,19-/m1/s1. The molecule has 1 N–H and O–H groups in total. The predicted octanol–water partition coefficient (Wildman–Crippen LogP) is 3.19. The fourth-order valence-electron chi connectivity index (χ4n) is 4.42. The van der Waals surface area contributed by atoms with Crippen LogP contribution in [0.4, 0.5) is 4.79 Å². The lowest BCUT2D eigenvalue weighted by atomic mass is 10.0. The van der Waals surface area contributed by atoms with Crippen molar-refractivity contribution in [2.24, 2.45) is 5.92 Å². The van der Waals surface area contributed by atoms with Crippen LogP contribution in [0.25, 0.3) is 0 Å². The molecule has 0 radical (unpaired) electrons. The molecule has 2 atom stereocenters. The summed E-state index contributed by atoms with van der Waals surface area (Å²) >= 11 is 0. The number of aromatic nitrogens is 1. The topological polar surface area (TPSA) is 48.5 Å². The summed E-state index contributed by atoms with van der Waals surface area (Å²) < 4.78 is 0. The van der Waals surface area contributed by atoms with Crippen LogP contribution in [-0.4, -0.2) is 53.0 Å². The molecular weight excluding hydrogens is 312 g/mol. The van der Waals surface area contributed by atoms with Gasteiger partial charge in [-0.3, -0.25) is 4.98 Å². The number of amides is 2. The Hall–Kier alpha value is -1.62. The molecule has 3 aliphatic rings. The molecule has 0 unspecified atom stereocenters. The van der Waals surface area contributed by atoms with Gasteiger partial charge in [0, 0.05) is 38.1 Å². The highest BCUT2D eigenvalue weighted by Crippen LogP contribution is 2.32. The van der Waals surface area contributed by atoms with Crippen LogP contribution in [0.5, 0.6) is 0 Å². The molecule has 1 saturated carbocycles. The summed E-state index contributed by atoms with van der Waals surface area (Å²) in [6, 6.07) is 5.27. The highest BCUT2D eigenvalue weighted by molar-refractivity contribution is 5.74. The summed E-state index contributed by atoms with van der Waals surface area (Å²) in [6.45, 7) is 4.06. The monoisotopic (exact) mass is 342 g/mol. The Morgan fingerprint density at radius 2 is 1.92 bits per heavy atom. The van der Waals surface area contributed by atoms with Crippen LogP contribution in [0.2, 0.25) is 0 Å². The minimum Gasteiger partial charge on any atom is -0.338 e. The summed E-state index contributed by atoms with van der Waals surface area (Å²) in [6.07, 6.45) is 12.2. The van der Waals surface area contributed by atoms with Gasteiger partial charge in [0.05, 0.1) is 6.04 Å². The lowest BCUT2D eigenvalue weighted by Gasteiger charge is -2.31. The molecule has 4 rings (SSSR count). The molecule has 0 bridgehead atoms. The van der Waals surface area contributed by atoms with Crippen LogP contribution in [0.1, 0.15) is 56.6 Å². The van der Waals surface area contributed by atoms with Crippen molar-refractivity contribution in [2.75, 3.05) is 26.2 Å². The minimum absolute atomic E-state index is 0.119. The quantitative estimate of drug-likeness (QED) is 0.914. The van der Waals surface area contributed by atoms with Crippen LogP contribution in [0, 0.1) is 5.92 Å². The van der Waals surface area contributed by atoms with Crippen molar-refractivity contribution in [3.8, 4) is 0 Å². The third-order valence-corrected chi connectivity index (χ3v) is 6.03. The first-order valence-electron chi connectivity index (χ1n) is 9.99. The maximum atomic E-state index is 12.9. The molecule has 136 valence electrons. The first-order valence-corrected chi connectivity index (χ1v) is 9.99. The summed E-state index contributed by atoms with van der Waals surface area (Å²) in [5.41, 5.74) is 1.22. The fraction of sp³-hybridized carbons (Fsp3) is 0.700. The van der Waals surface area contributed by atoms with Crippen LogP contribution in [-0.2, 0) is 0 Å². The van der Waals surface area contributed by atoms with Crippen molar-refractivity contribution in [3.63, 3.8) is 0 Å². The molecule has 25 heavy (non-hydrogen) atoms. The van der Waals surface area contributed by atoms with Crippen molar-refractivity contribution in [1.82, 2.24) is 20.1 Å². The molecule has 2 saturated heterocycles. The second-order valence-corrected chi connectivity index (χ2v) is 7.91. The Morgan fingerprint density at radius 1 is 1.08 bits per heavy atom. The van der Waals surface area contributed by atoms with Crippen molar-refractivity contribution in [2.45, 2.75) is 57.0 Å². The Balaban J connectivity index is 1.35. The molecule has 0 aromatic carbocycles. The number of urea groups is 1. The number of nitrogens with zero attached hydrogens (tertiary/aromatic N) is 3. The molecule has 5 nitrogen and oxygen atoms in total. The zero-order valence-corrected chi connectivity index (χ0v) is 15.1. The molecule has 2 amide bonds. The second-order valence-electron chi connectivity index (χ2n) is 7.91. The number of carbonyl (C=O) groups excluding carboxylic acids is 1. The van der Waals surface area contributed by atoms with E-state index >= 15 is 0 Å². The fourth-order valence-corrected chi connectivity index (χ4v) is 4.42. The number of likely N-dealkylation sites (tertiary alicyclic amines) is 2. The average molecular weight is 342 g/mol. The zero-order valence-electron chi connectivity index (χ0n) is 15.1. The summed E-state index contributed by atoms with van der Waals surface area (Å²) in [5, 5.41) is 3.25.